The van der Waals surface area contributed by atoms with Crippen LogP contribution in [0.2, 0.25) is 5.02 Å². The second-order valence-corrected chi connectivity index (χ2v) is 5.06. The smallest absolute Gasteiger partial charge is 0.139 e. The highest BCUT2D eigenvalue weighted by atomic mass is 35.5. The van der Waals surface area contributed by atoms with Crippen molar-refractivity contribution in [2.75, 3.05) is 18.2 Å². The molecule has 3 N–H and O–H groups in total. The van der Waals surface area contributed by atoms with E-state index >= 15 is 0 Å². The summed E-state index contributed by atoms with van der Waals surface area (Å²) in [5.41, 5.74) is 7.63. The number of ether oxygens (including phenoxy) is 1. The van der Waals surface area contributed by atoms with Gasteiger partial charge in [-0.25, -0.2) is 9.97 Å². The van der Waals surface area contributed by atoms with E-state index in [0.717, 1.165) is 11.3 Å². The second-order valence-electron chi connectivity index (χ2n) is 4.65. The molecule has 0 bridgehead atoms. The van der Waals surface area contributed by atoms with Gasteiger partial charge in [0.25, 0.3) is 0 Å². The van der Waals surface area contributed by atoms with E-state index in [1.165, 1.54) is 6.33 Å². The molecule has 2 aromatic rings. The minimum absolute atomic E-state index is 0.216. The lowest BCUT2D eigenvalue weighted by atomic mass is 10.0. The van der Waals surface area contributed by atoms with E-state index in [4.69, 9.17) is 22.1 Å². The second kappa shape index (κ2) is 5.96. The number of benzene rings is 1. The zero-order valence-electron chi connectivity index (χ0n) is 11.6. The number of nitrogens with two attached hydrogens (primary N) is 1. The van der Waals surface area contributed by atoms with Gasteiger partial charge in [-0.3, -0.25) is 0 Å². The number of nitrogens with one attached hydrogen (secondary N) is 1. The molecule has 0 aliphatic carbocycles. The van der Waals surface area contributed by atoms with Crippen molar-refractivity contribution < 1.29 is 4.74 Å². The number of hydrogen-bond acceptors (Lipinski definition) is 5. The van der Waals surface area contributed by atoms with E-state index in [1.54, 1.807) is 13.2 Å². The van der Waals surface area contributed by atoms with E-state index in [-0.39, 0.29) is 5.92 Å². The maximum Gasteiger partial charge on any atom is 0.139 e. The Balaban J connectivity index is 2.37. The highest BCUT2D eigenvalue weighted by Crippen LogP contribution is 2.32. The molecule has 1 aromatic heterocycles. The predicted molar refractivity (Wildman–Crippen MR) is 81.8 cm³/mol. The minimum Gasteiger partial charge on any atom is -0.495 e. The first-order valence-electron chi connectivity index (χ1n) is 6.24. The Hall–Kier alpha value is -2.01. The lowest BCUT2D eigenvalue weighted by molar-refractivity contribution is 0.415. The Bertz CT molecular complexity index is 616. The van der Waals surface area contributed by atoms with Gasteiger partial charge < -0.3 is 15.8 Å². The molecule has 5 nitrogen and oxygen atoms in total. The van der Waals surface area contributed by atoms with E-state index in [9.17, 15) is 0 Å². The van der Waals surface area contributed by atoms with Crippen LogP contribution in [0.4, 0.5) is 17.3 Å². The fourth-order valence-corrected chi connectivity index (χ4v) is 2.15. The first-order valence-corrected chi connectivity index (χ1v) is 6.61. The molecular formula is C14H17ClN4O. The van der Waals surface area contributed by atoms with Crippen LogP contribution in [0, 0.1) is 0 Å². The Morgan fingerprint density at radius 3 is 2.70 bits per heavy atom. The van der Waals surface area contributed by atoms with E-state index in [0.29, 0.717) is 22.4 Å². The van der Waals surface area contributed by atoms with Crippen LogP contribution >= 0.6 is 11.6 Å². The third-order valence-corrected chi connectivity index (χ3v) is 3.22. The molecule has 0 saturated carbocycles. The van der Waals surface area contributed by atoms with E-state index in [2.05, 4.69) is 15.3 Å². The summed E-state index contributed by atoms with van der Waals surface area (Å²) in [6, 6.07) is 5.43. The van der Waals surface area contributed by atoms with Crippen molar-refractivity contribution in [3.63, 3.8) is 0 Å². The Kier molecular flexibility index (Phi) is 4.29. The Labute approximate surface area is 123 Å². The van der Waals surface area contributed by atoms with Crippen molar-refractivity contribution in [2.45, 2.75) is 19.8 Å². The zero-order chi connectivity index (χ0) is 14.7. The van der Waals surface area contributed by atoms with Gasteiger partial charge in [-0.1, -0.05) is 25.4 Å². The summed E-state index contributed by atoms with van der Waals surface area (Å²) in [5.74, 6) is 1.99. The molecular weight excluding hydrogens is 276 g/mol. The molecule has 0 saturated heterocycles. The normalized spacial score (nSPS) is 10.7. The number of methoxy groups -OCH3 is 1. The predicted octanol–water partition coefficient (Wildman–Crippen LogP) is 3.59. The van der Waals surface area contributed by atoms with Gasteiger partial charge in [-0.05, 0) is 18.1 Å². The molecule has 106 valence electrons. The van der Waals surface area contributed by atoms with Crippen molar-refractivity contribution in [1.29, 1.82) is 0 Å². The van der Waals surface area contributed by atoms with Gasteiger partial charge in [0.2, 0.25) is 0 Å². The highest BCUT2D eigenvalue weighted by Gasteiger charge is 2.13. The van der Waals surface area contributed by atoms with Crippen LogP contribution in [0.15, 0.2) is 24.5 Å². The molecule has 2 rings (SSSR count). The van der Waals surface area contributed by atoms with Crippen LogP contribution in [0.3, 0.4) is 0 Å². The highest BCUT2D eigenvalue weighted by molar-refractivity contribution is 6.32. The summed E-state index contributed by atoms with van der Waals surface area (Å²) in [6.45, 7) is 4.09. The Morgan fingerprint density at radius 2 is 2.05 bits per heavy atom. The van der Waals surface area contributed by atoms with Crippen molar-refractivity contribution in [3.8, 4) is 5.75 Å². The van der Waals surface area contributed by atoms with Gasteiger partial charge in [0.15, 0.2) is 0 Å². The number of anilines is 3. The third-order valence-electron chi connectivity index (χ3n) is 2.91. The topological polar surface area (TPSA) is 73.1 Å². The molecule has 1 heterocycles. The average molecular weight is 293 g/mol. The summed E-state index contributed by atoms with van der Waals surface area (Å²) in [7, 11) is 1.58. The molecule has 0 fully saturated rings. The molecule has 20 heavy (non-hydrogen) atoms. The molecule has 0 spiro atoms. The molecule has 0 atom stereocenters. The van der Waals surface area contributed by atoms with Gasteiger partial charge in [0.05, 0.1) is 12.1 Å². The molecule has 0 aliphatic heterocycles. The van der Waals surface area contributed by atoms with Crippen LogP contribution in [0.1, 0.15) is 25.3 Å². The number of hydrogen-bond donors (Lipinski definition) is 2. The van der Waals surface area contributed by atoms with Crippen LogP contribution in [0.5, 0.6) is 5.75 Å². The molecule has 1 aromatic carbocycles. The molecule has 6 heteroatoms. The van der Waals surface area contributed by atoms with Crippen molar-refractivity contribution in [3.05, 3.63) is 35.1 Å². The fraction of sp³-hybridized carbons (Fsp3) is 0.286. The number of nitrogens with zero attached hydrogens (tertiary/aromatic N) is 2. The molecule has 0 radical (unpaired) electrons. The summed E-state index contributed by atoms with van der Waals surface area (Å²) >= 11 is 6.01. The van der Waals surface area contributed by atoms with E-state index < -0.39 is 0 Å². The number of rotatable bonds is 4. The largest absolute Gasteiger partial charge is 0.495 e. The lowest BCUT2D eigenvalue weighted by Gasteiger charge is -2.15. The number of nitrogen functional groups attached to an aromatic ring is 1. The van der Waals surface area contributed by atoms with Crippen LogP contribution in [-0.4, -0.2) is 17.1 Å². The van der Waals surface area contributed by atoms with Crippen molar-refractivity contribution in [2.24, 2.45) is 0 Å². The fourth-order valence-electron chi connectivity index (χ4n) is 1.95. The molecule has 0 amide bonds. The molecule has 0 unspecified atom stereocenters. The average Bonchev–Trinajstić information content (AvgIpc) is 2.40. The van der Waals surface area contributed by atoms with Gasteiger partial charge in [0.1, 0.15) is 23.7 Å². The quantitative estimate of drug-likeness (QED) is 0.901. The van der Waals surface area contributed by atoms with Gasteiger partial charge in [0, 0.05) is 17.3 Å². The lowest BCUT2D eigenvalue weighted by Crippen LogP contribution is -2.06. The van der Waals surface area contributed by atoms with Crippen molar-refractivity contribution >= 4 is 28.9 Å². The monoisotopic (exact) mass is 292 g/mol. The standard InChI is InChI=1S/C14H17ClN4O/c1-8(2)12-13(16)17-7-18-14(12)19-9-4-5-10(15)11(6-9)20-3/h4-8H,1-3H3,(H3,16,17,18,19). The van der Waals surface area contributed by atoms with Crippen molar-refractivity contribution in [1.82, 2.24) is 9.97 Å². The third kappa shape index (κ3) is 2.93. The summed E-state index contributed by atoms with van der Waals surface area (Å²) in [6.07, 6.45) is 1.44. The first kappa shape index (κ1) is 14.4. The van der Waals surface area contributed by atoms with Gasteiger partial charge in [-0.2, -0.15) is 0 Å². The van der Waals surface area contributed by atoms with Crippen LogP contribution in [-0.2, 0) is 0 Å². The maximum absolute atomic E-state index is 6.01. The van der Waals surface area contributed by atoms with Crippen LogP contribution in [0.25, 0.3) is 0 Å². The SMILES string of the molecule is COc1cc(Nc2ncnc(N)c2C(C)C)ccc1Cl. The summed E-state index contributed by atoms with van der Waals surface area (Å²) in [4.78, 5) is 8.29. The first-order chi connectivity index (χ1) is 9.52. The van der Waals surface area contributed by atoms with Gasteiger partial charge in [-0.15, -0.1) is 0 Å². The van der Waals surface area contributed by atoms with Gasteiger partial charge >= 0.3 is 0 Å². The minimum atomic E-state index is 0.216. The molecule has 0 aliphatic rings. The maximum atomic E-state index is 6.01. The number of halogens is 1. The Morgan fingerprint density at radius 1 is 1.30 bits per heavy atom. The zero-order valence-corrected chi connectivity index (χ0v) is 12.4. The number of aromatic nitrogens is 2. The summed E-state index contributed by atoms with van der Waals surface area (Å²) in [5, 5.41) is 3.79. The summed E-state index contributed by atoms with van der Waals surface area (Å²) < 4.78 is 5.20. The van der Waals surface area contributed by atoms with Crippen LogP contribution < -0.4 is 15.8 Å². The van der Waals surface area contributed by atoms with E-state index in [1.807, 2.05) is 26.0 Å².